The highest BCUT2D eigenvalue weighted by Crippen LogP contribution is 2.31. The number of ketones is 1. The highest BCUT2D eigenvalue weighted by molar-refractivity contribution is 6.42. The molecule has 0 amide bonds. The lowest BCUT2D eigenvalue weighted by Gasteiger charge is -2.13. The number of halogens is 2. The predicted octanol–water partition coefficient (Wildman–Crippen LogP) is 3.98. The third-order valence-electron chi connectivity index (χ3n) is 1.76. The quantitative estimate of drug-likeness (QED) is 0.755. The lowest BCUT2D eigenvalue weighted by Crippen LogP contribution is -2.09. The first-order valence-electron chi connectivity index (χ1n) is 4.58. The van der Waals surface area contributed by atoms with Crippen molar-refractivity contribution >= 4 is 29.0 Å². The van der Waals surface area contributed by atoms with Crippen molar-refractivity contribution in [3.63, 3.8) is 0 Å². The van der Waals surface area contributed by atoms with Gasteiger partial charge in [0, 0.05) is 6.07 Å². The summed E-state index contributed by atoms with van der Waals surface area (Å²) in [5.41, 5.74) is 0.457. The number of carbonyl (C=O) groups is 1. The average molecular weight is 247 g/mol. The van der Waals surface area contributed by atoms with Crippen LogP contribution in [0.1, 0.15) is 31.1 Å². The summed E-state index contributed by atoms with van der Waals surface area (Å²) in [6.07, 6.45) is -0.0136. The largest absolute Gasteiger partial charge is 0.490 e. The molecule has 0 saturated heterocycles. The number of hydrogen-bond donors (Lipinski definition) is 0. The van der Waals surface area contributed by atoms with Gasteiger partial charge in [-0.15, -0.1) is 0 Å². The first-order valence-corrected chi connectivity index (χ1v) is 5.34. The van der Waals surface area contributed by atoms with Crippen molar-refractivity contribution in [3.05, 3.63) is 27.7 Å². The van der Waals surface area contributed by atoms with E-state index >= 15 is 0 Å². The molecule has 0 unspecified atom stereocenters. The minimum atomic E-state index is -0.0933. The van der Waals surface area contributed by atoms with Crippen LogP contribution in [-0.2, 0) is 0 Å². The molecule has 0 aromatic heterocycles. The van der Waals surface area contributed by atoms with Crippen molar-refractivity contribution in [2.75, 3.05) is 0 Å². The zero-order chi connectivity index (χ0) is 11.6. The van der Waals surface area contributed by atoms with Gasteiger partial charge in [-0.25, -0.2) is 0 Å². The highest BCUT2D eigenvalue weighted by Gasteiger charge is 2.13. The SMILES string of the molecule is CC(=O)c1cc(Cl)c(Cl)cc1OC(C)C. The van der Waals surface area contributed by atoms with Crippen LogP contribution >= 0.6 is 23.2 Å². The summed E-state index contributed by atoms with van der Waals surface area (Å²) in [7, 11) is 0. The highest BCUT2D eigenvalue weighted by atomic mass is 35.5. The Balaban J connectivity index is 3.22. The van der Waals surface area contributed by atoms with Gasteiger partial charge in [0.2, 0.25) is 0 Å². The minimum absolute atomic E-state index is 0.0136. The fraction of sp³-hybridized carbons (Fsp3) is 0.364. The van der Waals surface area contributed by atoms with Crippen LogP contribution in [0.2, 0.25) is 10.0 Å². The van der Waals surface area contributed by atoms with Crippen LogP contribution in [0.25, 0.3) is 0 Å². The van der Waals surface area contributed by atoms with Crippen molar-refractivity contribution in [1.82, 2.24) is 0 Å². The fourth-order valence-electron chi connectivity index (χ4n) is 1.16. The summed E-state index contributed by atoms with van der Waals surface area (Å²) >= 11 is 11.7. The van der Waals surface area contributed by atoms with Crippen molar-refractivity contribution in [2.24, 2.45) is 0 Å². The van der Waals surface area contributed by atoms with Crippen LogP contribution in [0.5, 0.6) is 5.75 Å². The number of Topliss-reactive ketones (excluding diaryl/α,β-unsaturated/α-hetero) is 1. The van der Waals surface area contributed by atoms with E-state index in [2.05, 4.69) is 0 Å². The fourth-order valence-corrected chi connectivity index (χ4v) is 1.47. The number of rotatable bonds is 3. The van der Waals surface area contributed by atoms with E-state index in [9.17, 15) is 4.79 Å². The zero-order valence-electron chi connectivity index (χ0n) is 8.80. The molecule has 0 N–H and O–H groups in total. The van der Waals surface area contributed by atoms with E-state index in [0.717, 1.165) is 0 Å². The molecular formula is C11H12Cl2O2. The molecule has 82 valence electrons. The van der Waals surface area contributed by atoms with E-state index in [1.54, 1.807) is 6.07 Å². The van der Waals surface area contributed by atoms with E-state index < -0.39 is 0 Å². The smallest absolute Gasteiger partial charge is 0.163 e. The summed E-state index contributed by atoms with van der Waals surface area (Å²) in [6, 6.07) is 3.10. The Morgan fingerprint density at radius 2 is 1.80 bits per heavy atom. The Bertz CT molecular complexity index is 386. The van der Waals surface area contributed by atoms with Gasteiger partial charge in [-0.05, 0) is 26.8 Å². The Morgan fingerprint density at radius 3 is 2.27 bits per heavy atom. The first kappa shape index (κ1) is 12.3. The summed E-state index contributed by atoms with van der Waals surface area (Å²) in [6.45, 7) is 5.23. The maximum Gasteiger partial charge on any atom is 0.163 e. The summed E-state index contributed by atoms with van der Waals surface area (Å²) in [5, 5.41) is 0.746. The van der Waals surface area contributed by atoms with Crippen LogP contribution < -0.4 is 4.74 Å². The van der Waals surface area contributed by atoms with Gasteiger partial charge < -0.3 is 4.74 Å². The maximum atomic E-state index is 11.3. The van der Waals surface area contributed by atoms with E-state index in [1.807, 2.05) is 13.8 Å². The lowest BCUT2D eigenvalue weighted by atomic mass is 10.1. The number of carbonyl (C=O) groups excluding carboxylic acids is 1. The molecule has 2 nitrogen and oxygen atoms in total. The molecular weight excluding hydrogens is 235 g/mol. The first-order chi connectivity index (χ1) is 6.91. The van der Waals surface area contributed by atoms with Gasteiger partial charge in [0.25, 0.3) is 0 Å². The summed E-state index contributed by atoms with van der Waals surface area (Å²) in [5.74, 6) is 0.385. The maximum absolute atomic E-state index is 11.3. The normalized spacial score (nSPS) is 10.5. The molecule has 0 aliphatic carbocycles. The van der Waals surface area contributed by atoms with Crippen LogP contribution in [0.4, 0.5) is 0 Å². The molecule has 0 spiro atoms. The second-order valence-corrected chi connectivity index (χ2v) is 4.30. The van der Waals surface area contributed by atoms with Crippen LogP contribution in [-0.4, -0.2) is 11.9 Å². The summed E-state index contributed by atoms with van der Waals surface area (Å²) in [4.78, 5) is 11.3. The van der Waals surface area contributed by atoms with E-state index in [0.29, 0.717) is 21.4 Å². The van der Waals surface area contributed by atoms with Gasteiger partial charge in [-0.2, -0.15) is 0 Å². The van der Waals surface area contributed by atoms with Crippen molar-refractivity contribution in [1.29, 1.82) is 0 Å². The molecule has 4 heteroatoms. The van der Waals surface area contributed by atoms with Crippen molar-refractivity contribution < 1.29 is 9.53 Å². The van der Waals surface area contributed by atoms with E-state index in [1.165, 1.54) is 13.0 Å². The standard InChI is InChI=1S/C11H12Cl2O2/c1-6(2)15-11-5-10(13)9(12)4-8(11)7(3)14/h4-6H,1-3H3. The third kappa shape index (κ3) is 3.11. The van der Waals surface area contributed by atoms with Gasteiger partial charge in [-0.1, -0.05) is 23.2 Å². The van der Waals surface area contributed by atoms with E-state index in [4.69, 9.17) is 27.9 Å². The molecule has 0 aliphatic heterocycles. The Hall–Kier alpha value is -0.730. The van der Waals surface area contributed by atoms with Crippen LogP contribution in [0.15, 0.2) is 12.1 Å². The minimum Gasteiger partial charge on any atom is -0.490 e. The topological polar surface area (TPSA) is 26.3 Å². The molecule has 0 fully saturated rings. The third-order valence-corrected chi connectivity index (χ3v) is 2.49. The molecule has 0 heterocycles. The van der Waals surface area contributed by atoms with E-state index in [-0.39, 0.29) is 11.9 Å². The molecule has 15 heavy (non-hydrogen) atoms. The van der Waals surface area contributed by atoms with Gasteiger partial charge in [0.1, 0.15) is 5.75 Å². The molecule has 0 radical (unpaired) electrons. The number of ether oxygens (including phenoxy) is 1. The number of benzene rings is 1. The molecule has 1 aromatic carbocycles. The van der Waals surface area contributed by atoms with Gasteiger partial charge >= 0.3 is 0 Å². The lowest BCUT2D eigenvalue weighted by molar-refractivity contribution is 0.101. The molecule has 1 aromatic rings. The number of hydrogen-bond acceptors (Lipinski definition) is 2. The van der Waals surface area contributed by atoms with Crippen molar-refractivity contribution in [2.45, 2.75) is 26.9 Å². The molecule has 0 aliphatic rings. The molecule has 0 saturated carbocycles. The average Bonchev–Trinajstić information content (AvgIpc) is 2.09. The van der Waals surface area contributed by atoms with Crippen LogP contribution in [0, 0.1) is 0 Å². The van der Waals surface area contributed by atoms with Crippen LogP contribution in [0.3, 0.4) is 0 Å². The Morgan fingerprint density at radius 1 is 1.27 bits per heavy atom. The second kappa shape index (κ2) is 4.86. The molecule has 1 rings (SSSR count). The Kier molecular flexibility index (Phi) is 4.00. The molecule has 0 bridgehead atoms. The van der Waals surface area contributed by atoms with Crippen molar-refractivity contribution in [3.8, 4) is 5.75 Å². The molecule has 0 atom stereocenters. The van der Waals surface area contributed by atoms with Gasteiger partial charge in [0.15, 0.2) is 5.78 Å². The van der Waals surface area contributed by atoms with Gasteiger partial charge in [-0.3, -0.25) is 4.79 Å². The van der Waals surface area contributed by atoms with Gasteiger partial charge in [0.05, 0.1) is 21.7 Å². The second-order valence-electron chi connectivity index (χ2n) is 3.49. The summed E-state index contributed by atoms with van der Waals surface area (Å²) < 4.78 is 5.48. The predicted molar refractivity (Wildman–Crippen MR) is 62.2 cm³/mol. The zero-order valence-corrected chi connectivity index (χ0v) is 10.3. The Labute approximate surface area is 99.1 Å². The monoisotopic (exact) mass is 246 g/mol.